The van der Waals surface area contributed by atoms with Crippen molar-refractivity contribution in [1.29, 1.82) is 0 Å². The molecule has 0 bridgehead atoms. The molecule has 1 aliphatic heterocycles. The molecule has 7 nitrogen and oxygen atoms in total. The number of guanidine groups is 1. The van der Waals surface area contributed by atoms with Crippen LogP contribution in [0.1, 0.15) is 44.2 Å². The number of hydrogen-bond donors (Lipinski definition) is 2. The molecule has 1 aromatic carbocycles. The monoisotopic (exact) mass is 374 g/mol. The summed E-state index contributed by atoms with van der Waals surface area (Å²) in [6.45, 7) is 8.62. The van der Waals surface area contributed by atoms with E-state index in [0.29, 0.717) is 51.5 Å². The van der Waals surface area contributed by atoms with Crippen molar-refractivity contribution in [2.24, 2.45) is 4.99 Å². The van der Waals surface area contributed by atoms with Crippen LogP contribution < -0.4 is 15.4 Å². The Kier molecular flexibility index (Phi) is 8.10. The summed E-state index contributed by atoms with van der Waals surface area (Å²) in [5.41, 5.74) is 2.16. The van der Waals surface area contributed by atoms with Gasteiger partial charge in [-0.3, -0.25) is 14.5 Å². The summed E-state index contributed by atoms with van der Waals surface area (Å²) in [6.07, 6.45) is 1.56. The molecule has 0 aromatic heterocycles. The van der Waals surface area contributed by atoms with Gasteiger partial charge in [-0.1, -0.05) is 12.1 Å². The fourth-order valence-corrected chi connectivity index (χ4v) is 2.92. The summed E-state index contributed by atoms with van der Waals surface area (Å²) in [5.74, 6) is 1.33. The Morgan fingerprint density at radius 1 is 1.19 bits per heavy atom. The van der Waals surface area contributed by atoms with Gasteiger partial charge in [0.05, 0.1) is 13.2 Å². The smallest absolute Gasteiger partial charge is 0.229 e. The van der Waals surface area contributed by atoms with Gasteiger partial charge in [-0.15, -0.1) is 0 Å². The fraction of sp³-hybridized carbons (Fsp3) is 0.550. The van der Waals surface area contributed by atoms with Crippen LogP contribution in [0.3, 0.4) is 0 Å². The molecule has 0 spiro atoms. The molecule has 27 heavy (non-hydrogen) atoms. The molecule has 2 amide bonds. The van der Waals surface area contributed by atoms with E-state index < -0.39 is 0 Å². The van der Waals surface area contributed by atoms with Crippen molar-refractivity contribution in [1.82, 2.24) is 15.5 Å². The lowest BCUT2D eigenvalue weighted by Gasteiger charge is -2.25. The van der Waals surface area contributed by atoms with Crippen molar-refractivity contribution in [3.05, 3.63) is 29.3 Å². The number of ether oxygens (including phenoxy) is 1. The number of carbonyl (C=O) groups excluding carboxylic acids is 2. The van der Waals surface area contributed by atoms with Gasteiger partial charge < -0.3 is 15.4 Å². The molecule has 0 saturated carbocycles. The van der Waals surface area contributed by atoms with Gasteiger partial charge in [0, 0.05) is 38.0 Å². The van der Waals surface area contributed by atoms with Gasteiger partial charge in [-0.2, -0.15) is 0 Å². The normalized spacial score (nSPS) is 15.1. The zero-order valence-corrected chi connectivity index (χ0v) is 16.5. The van der Waals surface area contributed by atoms with E-state index in [-0.39, 0.29) is 11.8 Å². The van der Waals surface area contributed by atoms with Gasteiger partial charge in [-0.05, 0) is 38.8 Å². The zero-order chi connectivity index (χ0) is 19.6. The van der Waals surface area contributed by atoms with E-state index in [1.165, 1.54) is 4.90 Å². The highest BCUT2D eigenvalue weighted by molar-refractivity contribution is 5.97. The molecule has 0 atom stereocenters. The van der Waals surface area contributed by atoms with Crippen LogP contribution in [0.15, 0.2) is 23.2 Å². The topological polar surface area (TPSA) is 83.0 Å². The van der Waals surface area contributed by atoms with Crippen LogP contribution in [0.5, 0.6) is 5.75 Å². The Morgan fingerprint density at radius 2 is 1.93 bits per heavy atom. The molecule has 1 fully saturated rings. The standard InChI is InChI=1S/C20H30N4O3/c1-4-21-20(22-11-12-24-18(25)7-6-8-19(24)26)23-14-16-10-9-15(3)13-17(16)27-5-2/h9-10,13H,4-8,11-12,14H2,1-3H3,(H2,21,22,23). The maximum atomic E-state index is 11.9. The van der Waals surface area contributed by atoms with Gasteiger partial charge in [0.2, 0.25) is 11.8 Å². The van der Waals surface area contributed by atoms with Gasteiger partial charge in [0.1, 0.15) is 5.75 Å². The van der Waals surface area contributed by atoms with Crippen LogP contribution in [0, 0.1) is 6.92 Å². The summed E-state index contributed by atoms with van der Waals surface area (Å²) in [7, 11) is 0. The van der Waals surface area contributed by atoms with E-state index in [0.717, 1.165) is 23.4 Å². The van der Waals surface area contributed by atoms with Gasteiger partial charge in [0.15, 0.2) is 5.96 Å². The highest BCUT2D eigenvalue weighted by Gasteiger charge is 2.25. The van der Waals surface area contributed by atoms with Crippen LogP contribution in [-0.2, 0) is 16.1 Å². The number of likely N-dealkylation sites (tertiary alicyclic amines) is 1. The lowest BCUT2D eigenvalue weighted by atomic mass is 10.1. The number of nitrogens with one attached hydrogen (secondary N) is 2. The first-order valence-corrected chi connectivity index (χ1v) is 9.62. The fourth-order valence-electron chi connectivity index (χ4n) is 2.92. The number of piperidine rings is 1. The number of aliphatic imine (C=N–C) groups is 1. The summed E-state index contributed by atoms with van der Waals surface area (Å²) in [5, 5.41) is 6.38. The molecule has 1 heterocycles. The first-order valence-electron chi connectivity index (χ1n) is 9.62. The summed E-state index contributed by atoms with van der Waals surface area (Å²) < 4.78 is 5.70. The molecule has 2 N–H and O–H groups in total. The second-order valence-corrected chi connectivity index (χ2v) is 6.46. The lowest BCUT2D eigenvalue weighted by Crippen LogP contribution is -2.46. The second-order valence-electron chi connectivity index (χ2n) is 6.46. The predicted octanol–water partition coefficient (Wildman–Crippen LogP) is 1.99. The van der Waals surface area contributed by atoms with Crippen molar-refractivity contribution in [3.63, 3.8) is 0 Å². The SMILES string of the molecule is CCNC(=NCc1ccc(C)cc1OCC)NCCN1C(=O)CCCC1=O. The van der Waals surface area contributed by atoms with E-state index in [9.17, 15) is 9.59 Å². The summed E-state index contributed by atoms with van der Waals surface area (Å²) in [4.78, 5) is 29.7. The summed E-state index contributed by atoms with van der Waals surface area (Å²) >= 11 is 0. The van der Waals surface area contributed by atoms with Crippen molar-refractivity contribution in [3.8, 4) is 5.75 Å². The van der Waals surface area contributed by atoms with Gasteiger partial charge in [0.25, 0.3) is 0 Å². The van der Waals surface area contributed by atoms with Crippen molar-refractivity contribution in [2.45, 2.75) is 46.6 Å². The molecular formula is C20H30N4O3. The third kappa shape index (κ3) is 6.27. The third-order valence-electron chi connectivity index (χ3n) is 4.29. The van der Waals surface area contributed by atoms with Crippen LogP contribution in [0.2, 0.25) is 0 Å². The molecule has 1 aromatic rings. The highest BCUT2D eigenvalue weighted by Crippen LogP contribution is 2.21. The number of aryl methyl sites for hydroxylation is 1. The van der Waals surface area contributed by atoms with Gasteiger partial charge >= 0.3 is 0 Å². The van der Waals surface area contributed by atoms with Crippen LogP contribution in [0.4, 0.5) is 0 Å². The molecule has 0 radical (unpaired) electrons. The quantitative estimate of drug-likeness (QED) is 0.413. The number of rotatable bonds is 8. The molecule has 148 valence electrons. The van der Waals surface area contributed by atoms with E-state index >= 15 is 0 Å². The Hall–Kier alpha value is -2.57. The average molecular weight is 374 g/mol. The number of benzene rings is 1. The van der Waals surface area contributed by atoms with Crippen LogP contribution >= 0.6 is 0 Å². The van der Waals surface area contributed by atoms with Crippen LogP contribution in [-0.4, -0.2) is 48.9 Å². The van der Waals surface area contributed by atoms with E-state index in [1.807, 2.05) is 39.0 Å². The first kappa shape index (κ1) is 20.7. The minimum Gasteiger partial charge on any atom is -0.494 e. The third-order valence-corrected chi connectivity index (χ3v) is 4.29. The predicted molar refractivity (Wildman–Crippen MR) is 106 cm³/mol. The largest absolute Gasteiger partial charge is 0.494 e. The van der Waals surface area contributed by atoms with Gasteiger partial charge in [-0.25, -0.2) is 4.99 Å². The lowest BCUT2D eigenvalue weighted by molar-refractivity contribution is -0.147. The number of nitrogens with zero attached hydrogens (tertiary/aromatic N) is 2. The second kappa shape index (κ2) is 10.5. The number of amides is 2. The molecular weight excluding hydrogens is 344 g/mol. The number of carbonyl (C=O) groups is 2. The maximum absolute atomic E-state index is 11.9. The molecule has 1 aliphatic rings. The minimum absolute atomic E-state index is 0.0870. The molecule has 0 aliphatic carbocycles. The molecule has 1 saturated heterocycles. The van der Waals surface area contributed by atoms with E-state index in [4.69, 9.17) is 4.74 Å². The Labute approximate surface area is 161 Å². The van der Waals surface area contributed by atoms with E-state index in [1.54, 1.807) is 0 Å². The van der Waals surface area contributed by atoms with Crippen LogP contribution in [0.25, 0.3) is 0 Å². The first-order chi connectivity index (χ1) is 13.0. The zero-order valence-electron chi connectivity index (χ0n) is 16.5. The van der Waals surface area contributed by atoms with Crippen molar-refractivity contribution in [2.75, 3.05) is 26.2 Å². The molecule has 0 unspecified atom stereocenters. The molecule has 7 heteroatoms. The van der Waals surface area contributed by atoms with E-state index in [2.05, 4.69) is 15.6 Å². The Morgan fingerprint density at radius 3 is 2.59 bits per heavy atom. The maximum Gasteiger partial charge on any atom is 0.229 e. The average Bonchev–Trinajstić information content (AvgIpc) is 2.63. The number of imide groups is 1. The highest BCUT2D eigenvalue weighted by atomic mass is 16.5. The Bertz CT molecular complexity index is 672. The van der Waals surface area contributed by atoms with Crippen molar-refractivity contribution >= 4 is 17.8 Å². The molecule has 2 rings (SSSR count). The number of hydrogen-bond acceptors (Lipinski definition) is 4. The van der Waals surface area contributed by atoms with Crippen molar-refractivity contribution < 1.29 is 14.3 Å². The minimum atomic E-state index is -0.0870. The summed E-state index contributed by atoms with van der Waals surface area (Å²) in [6, 6.07) is 6.09. The Balaban J connectivity index is 1.96.